The van der Waals surface area contributed by atoms with Crippen LogP contribution in [0.1, 0.15) is 24.2 Å². The third-order valence-corrected chi connectivity index (χ3v) is 2.21. The molecule has 6 heteroatoms. The second-order valence-electron chi connectivity index (χ2n) is 3.46. The Morgan fingerprint density at radius 2 is 1.71 bits per heavy atom. The normalized spacial score (nSPS) is 12.6. The number of aliphatic hydroxyl groups excluding tert-OH is 1. The van der Waals surface area contributed by atoms with Gasteiger partial charge in [-0.2, -0.15) is 9.59 Å². The minimum absolute atomic E-state index is 0.250. The number of nitrogens with zero attached hydrogens (tertiary/aromatic N) is 1. The van der Waals surface area contributed by atoms with Crippen molar-refractivity contribution in [2.75, 3.05) is 0 Å². The molecule has 0 aliphatic rings. The number of benzene rings is 1. The maximum absolute atomic E-state index is 10.4. The summed E-state index contributed by atoms with van der Waals surface area (Å²) in [6.45, 7) is 3.32. The maximum Gasteiger partial charge on any atom is 0.373 e. The fourth-order valence-corrected chi connectivity index (χ4v) is 1.16. The molecule has 1 N–H and O–H groups in total. The fourth-order valence-electron chi connectivity index (χ4n) is 1.16. The summed E-state index contributed by atoms with van der Waals surface area (Å²) in [4.78, 5) is 26.2. The minimum atomic E-state index is -1.04. The van der Waals surface area contributed by atoms with Crippen LogP contribution >= 0.6 is 0 Å². The van der Waals surface area contributed by atoms with E-state index in [-0.39, 0.29) is 6.15 Å². The maximum atomic E-state index is 10.4. The first-order valence-electron chi connectivity index (χ1n) is 4.81. The van der Waals surface area contributed by atoms with E-state index in [1.54, 1.807) is 12.1 Å². The van der Waals surface area contributed by atoms with Crippen LogP contribution in [0.5, 0.6) is 0 Å². The Labute approximate surface area is 98.0 Å². The second-order valence-corrected chi connectivity index (χ2v) is 3.46. The van der Waals surface area contributed by atoms with Crippen LogP contribution in [0.2, 0.25) is 0 Å². The van der Waals surface area contributed by atoms with Gasteiger partial charge in [0.2, 0.25) is 6.04 Å². The van der Waals surface area contributed by atoms with Gasteiger partial charge in [0.1, 0.15) is 6.10 Å². The smallest absolute Gasteiger partial charge is 0.373 e. The molecule has 0 aliphatic carbocycles. The van der Waals surface area contributed by atoms with Gasteiger partial charge in [-0.1, -0.05) is 29.8 Å². The van der Waals surface area contributed by atoms with Crippen molar-refractivity contribution in [1.82, 2.24) is 0 Å². The Morgan fingerprint density at radius 1 is 1.29 bits per heavy atom. The number of rotatable bonds is 3. The molecule has 92 valence electrons. The highest BCUT2D eigenvalue weighted by atomic mass is 16.6. The predicted molar refractivity (Wildman–Crippen MR) is 57.6 cm³/mol. The lowest BCUT2D eigenvalue weighted by molar-refractivity contribution is -0.531. The van der Waals surface area contributed by atoms with Crippen LogP contribution in [0.3, 0.4) is 0 Å². The molecule has 1 aromatic rings. The van der Waals surface area contributed by atoms with E-state index in [2.05, 4.69) is 0 Å². The largest absolute Gasteiger partial charge is 0.381 e. The van der Waals surface area contributed by atoms with E-state index in [1.165, 1.54) is 6.92 Å². The van der Waals surface area contributed by atoms with E-state index in [0.29, 0.717) is 5.56 Å². The lowest BCUT2D eigenvalue weighted by Gasteiger charge is -2.12. The number of hydrogen-bond acceptors (Lipinski definition) is 5. The van der Waals surface area contributed by atoms with Gasteiger partial charge >= 0.3 is 6.15 Å². The SMILES string of the molecule is Cc1ccc([C@@H](O)[C@H](C)[N+](=O)[O-])cc1.O=C=O. The molecular weight excluding hydrogens is 226 g/mol. The topological polar surface area (TPSA) is 97.5 Å². The Hall–Kier alpha value is -2.04. The summed E-state index contributed by atoms with van der Waals surface area (Å²) in [5, 5.41) is 20.0. The molecule has 1 rings (SSSR count). The summed E-state index contributed by atoms with van der Waals surface area (Å²) in [7, 11) is 0. The van der Waals surface area contributed by atoms with Gasteiger partial charge in [0, 0.05) is 11.8 Å². The highest BCUT2D eigenvalue weighted by molar-refractivity contribution is 5.23. The van der Waals surface area contributed by atoms with Crippen LogP contribution in [0.15, 0.2) is 24.3 Å². The van der Waals surface area contributed by atoms with E-state index in [0.717, 1.165) is 5.56 Å². The lowest BCUT2D eigenvalue weighted by Crippen LogP contribution is -2.23. The van der Waals surface area contributed by atoms with Crippen molar-refractivity contribution in [2.45, 2.75) is 26.0 Å². The first kappa shape index (κ1) is 15.0. The number of aryl methyl sites for hydroxylation is 1. The molecule has 0 aliphatic heterocycles. The van der Waals surface area contributed by atoms with Crippen LogP contribution in [0, 0.1) is 17.0 Å². The van der Waals surface area contributed by atoms with E-state index in [1.807, 2.05) is 19.1 Å². The standard InChI is InChI=1S/C10H13NO3.CO2/c1-7-3-5-9(6-4-7)10(12)8(2)11(13)14;2-1-3/h3-6,8,10,12H,1-2H3;/t8-,10-;/m0./s1. The fraction of sp³-hybridized carbons (Fsp3) is 0.364. The summed E-state index contributed by atoms with van der Waals surface area (Å²) in [5.41, 5.74) is 1.65. The van der Waals surface area contributed by atoms with E-state index in [4.69, 9.17) is 9.59 Å². The van der Waals surface area contributed by atoms with Crippen molar-refractivity contribution in [3.63, 3.8) is 0 Å². The molecule has 0 unspecified atom stereocenters. The van der Waals surface area contributed by atoms with Crippen LogP contribution in [-0.2, 0) is 9.59 Å². The molecule has 17 heavy (non-hydrogen) atoms. The van der Waals surface area contributed by atoms with Crippen LogP contribution < -0.4 is 0 Å². The summed E-state index contributed by atoms with van der Waals surface area (Å²) < 4.78 is 0. The number of nitro groups is 1. The van der Waals surface area contributed by atoms with Crippen molar-refractivity contribution in [1.29, 1.82) is 0 Å². The molecule has 0 fully saturated rings. The van der Waals surface area contributed by atoms with E-state index >= 15 is 0 Å². The predicted octanol–water partition coefficient (Wildman–Crippen LogP) is 1.11. The number of hydrogen-bond donors (Lipinski definition) is 1. The van der Waals surface area contributed by atoms with Gasteiger partial charge in [-0.3, -0.25) is 10.1 Å². The Balaban J connectivity index is 0.000000770. The van der Waals surface area contributed by atoms with Crippen molar-refractivity contribution >= 4 is 6.15 Å². The molecule has 0 saturated heterocycles. The summed E-state index contributed by atoms with van der Waals surface area (Å²) in [6, 6.07) is 6.09. The monoisotopic (exact) mass is 239 g/mol. The molecule has 0 radical (unpaired) electrons. The van der Waals surface area contributed by atoms with Gasteiger partial charge in [0.15, 0.2) is 0 Å². The third-order valence-electron chi connectivity index (χ3n) is 2.21. The highest BCUT2D eigenvalue weighted by Crippen LogP contribution is 2.18. The van der Waals surface area contributed by atoms with Gasteiger partial charge in [-0.05, 0) is 12.5 Å². The quantitative estimate of drug-likeness (QED) is 0.629. The Bertz CT molecular complexity index is 395. The molecule has 0 spiro atoms. The Kier molecular flexibility index (Phi) is 6.40. The first-order valence-corrected chi connectivity index (χ1v) is 4.81. The molecule has 0 bridgehead atoms. The second kappa shape index (κ2) is 7.27. The molecular formula is C11H13NO5. The van der Waals surface area contributed by atoms with Gasteiger partial charge in [0.05, 0.1) is 0 Å². The average Bonchev–Trinajstić information content (AvgIpc) is 2.29. The first-order chi connectivity index (χ1) is 7.93. The molecule has 0 heterocycles. The van der Waals surface area contributed by atoms with Crippen LogP contribution in [-0.4, -0.2) is 22.2 Å². The summed E-state index contributed by atoms with van der Waals surface area (Å²) >= 11 is 0. The van der Waals surface area contributed by atoms with Gasteiger partial charge < -0.3 is 5.11 Å². The minimum Gasteiger partial charge on any atom is -0.381 e. The van der Waals surface area contributed by atoms with Gasteiger partial charge in [-0.25, -0.2) is 0 Å². The molecule has 0 saturated carbocycles. The molecule has 0 amide bonds. The van der Waals surface area contributed by atoms with E-state index in [9.17, 15) is 15.2 Å². The molecule has 1 aromatic carbocycles. The molecule has 0 aromatic heterocycles. The summed E-state index contributed by atoms with van der Waals surface area (Å²) in [6.07, 6.45) is -0.786. The molecule has 2 atom stereocenters. The van der Waals surface area contributed by atoms with Gasteiger partial charge in [0.25, 0.3) is 0 Å². The zero-order valence-electron chi connectivity index (χ0n) is 9.49. The highest BCUT2D eigenvalue weighted by Gasteiger charge is 2.25. The van der Waals surface area contributed by atoms with Crippen LogP contribution in [0.4, 0.5) is 0 Å². The van der Waals surface area contributed by atoms with Crippen molar-refractivity contribution < 1.29 is 19.6 Å². The number of carbonyl (C=O) groups excluding carboxylic acids is 2. The zero-order chi connectivity index (χ0) is 13.4. The van der Waals surface area contributed by atoms with Gasteiger partial charge in [-0.15, -0.1) is 0 Å². The van der Waals surface area contributed by atoms with Crippen molar-refractivity contribution in [2.24, 2.45) is 0 Å². The van der Waals surface area contributed by atoms with Crippen LogP contribution in [0.25, 0.3) is 0 Å². The van der Waals surface area contributed by atoms with Crippen molar-refractivity contribution in [3.8, 4) is 0 Å². The Morgan fingerprint density at radius 3 is 2.06 bits per heavy atom. The average molecular weight is 239 g/mol. The lowest BCUT2D eigenvalue weighted by atomic mass is 10.0. The summed E-state index contributed by atoms with van der Waals surface area (Å²) in [5.74, 6) is 0. The zero-order valence-corrected chi connectivity index (χ0v) is 9.49. The van der Waals surface area contributed by atoms with Crippen molar-refractivity contribution in [3.05, 3.63) is 45.5 Å². The number of aliphatic hydroxyl groups is 1. The molecule has 6 nitrogen and oxygen atoms in total. The third kappa shape index (κ3) is 5.01. The van der Waals surface area contributed by atoms with E-state index < -0.39 is 17.1 Å².